The number of nitrogens with zero attached hydrogens (tertiary/aromatic N) is 3. The molecule has 27 heavy (non-hydrogen) atoms. The number of rotatable bonds is 4. The average molecular weight is 383 g/mol. The molecular weight excluding hydrogens is 363 g/mol. The third kappa shape index (κ3) is 4.13. The third-order valence-electron chi connectivity index (χ3n) is 4.71. The zero-order valence-corrected chi connectivity index (χ0v) is 14.7. The number of carbonyl (C=O) groups excluding carboxylic acids is 1. The van der Waals surface area contributed by atoms with E-state index in [1.807, 2.05) is 6.92 Å². The maximum atomic E-state index is 12.9. The molecule has 1 aliphatic heterocycles. The average Bonchev–Trinajstić information content (AvgIpc) is 3.18. The van der Waals surface area contributed by atoms with Gasteiger partial charge in [-0.2, -0.15) is 18.2 Å². The number of aliphatic hydroxyl groups is 1. The fourth-order valence-corrected chi connectivity index (χ4v) is 3.29. The molecule has 0 radical (unpaired) electrons. The lowest BCUT2D eigenvalue weighted by Crippen LogP contribution is -2.49. The Labute approximate surface area is 154 Å². The summed E-state index contributed by atoms with van der Waals surface area (Å²) in [4.78, 5) is 17.9. The van der Waals surface area contributed by atoms with Crippen molar-refractivity contribution < 1.29 is 27.6 Å². The van der Waals surface area contributed by atoms with E-state index in [9.17, 15) is 23.1 Å². The van der Waals surface area contributed by atoms with Crippen LogP contribution in [-0.2, 0) is 6.18 Å². The Morgan fingerprint density at radius 3 is 2.85 bits per heavy atom. The number of aromatic nitrogens is 2. The lowest BCUT2D eigenvalue weighted by Gasteiger charge is -2.38. The number of benzene rings is 1. The first-order valence-corrected chi connectivity index (χ1v) is 8.81. The second kappa shape index (κ2) is 7.67. The van der Waals surface area contributed by atoms with Gasteiger partial charge in [0.1, 0.15) is 0 Å². The standard InChI is InChI=1S/C18H20F3N3O3/c1-2-14(25)13-8-3-4-9-24(13)16(26)12-7-5-6-11(10-12)15-22-17(27-23-15)18(19,20)21/h5-7,10,13-14,25H,2-4,8-9H2,1H3/t13-,14-/m1/s1. The normalized spacial score (nSPS) is 19.1. The van der Waals surface area contributed by atoms with E-state index in [1.54, 1.807) is 17.0 Å². The van der Waals surface area contributed by atoms with Gasteiger partial charge in [0.15, 0.2) is 0 Å². The summed E-state index contributed by atoms with van der Waals surface area (Å²) < 4.78 is 42.2. The van der Waals surface area contributed by atoms with Crippen LogP contribution in [0.25, 0.3) is 11.4 Å². The molecule has 1 amide bonds. The van der Waals surface area contributed by atoms with Crippen LogP contribution in [0.2, 0.25) is 0 Å². The monoisotopic (exact) mass is 383 g/mol. The van der Waals surface area contributed by atoms with E-state index in [1.165, 1.54) is 12.1 Å². The van der Waals surface area contributed by atoms with Gasteiger partial charge < -0.3 is 14.5 Å². The second-order valence-electron chi connectivity index (χ2n) is 6.54. The zero-order valence-electron chi connectivity index (χ0n) is 14.7. The topological polar surface area (TPSA) is 79.5 Å². The van der Waals surface area contributed by atoms with Crippen LogP contribution in [0.3, 0.4) is 0 Å². The molecule has 1 N–H and O–H groups in total. The van der Waals surface area contributed by atoms with Gasteiger partial charge in [0, 0.05) is 17.7 Å². The lowest BCUT2D eigenvalue weighted by atomic mass is 9.95. The molecule has 1 saturated heterocycles. The van der Waals surface area contributed by atoms with E-state index >= 15 is 0 Å². The molecule has 0 bridgehead atoms. The molecule has 2 aromatic rings. The van der Waals surface area contributed by atoms with Crippen LogP contribution in [0.4, 0.5) is 13.2 Å². The largest absolute Gasteiger partial charge is 0.471 e. The number of likely N-dealkylation sites (tertiary alicyclic amines) is 1. The highest BCUT2D eigenvalue weighted by molar-refractivity contribution is 5.95. The Balaban J connectivity index is 1.86. The maximum Gasteiger partial charge on any atom is 0.471 e. The van der Waals surface area contributed by atoms with Gasteiger partial charge in [-0.05, 0) is 37.8 Å². The van der Waals surface area contributed by atoms with Crippen LogP contribution in [0.15, 0.2) is 28.8 Å². The van der Waals surface area contributed by atoms with Crippen molar-refractivity contribution >= 4 is 5.91 Å². The Kier molecular flexibility index (Phi) is 5.50. The highest BCUT2D eigenvalue weighted by Gasteiger charge is 2.38. The summed E-state index contributed by atoms with van der Waals surface area (Å²) in [6, 6.07) is 5.83. The van der Waals surface area contributed by atoms with Gasteiger partial charge in [-0.25, -0.2) is 0 Å². The van der Waals surface area contributed by atoms with Crippen molar-refractivity contribution in [2.75, 3.05) is 6.54 Å². The highest BCUT2D eigenvalue weighted by Crippen LogP contribution is 2.30. The number of hydrogen-bond donors (Lipinski definition) is 1. The van der Waals surface area contributed by atoms with E-state index in [-0.39, 0.29) is 23.3 Å². The molecule has 0 saturated carbocycles. The number of aliphatic hydroxyl groups excluding tert-OH is 1. The zero-order chi connectivity index (χ0) is 19.6. The fourth-order valence-electron chi connectivity index (χ4n) is 3.29. The van der Waals surface area contributed by atoms with Crippen molar-refractivity contribution in [2.45, 2.75) is 50.9 Å². The summed E-state index contributed by atoms with van der Waals surface area (Å²) >= 11 is 0. The molecule has 1 aromatic carbocycles. The number of amides is 1. The van der Waals surface area contributed by atoms with Crippen molar-refractivity contribution in [3.05, 3.63) is 35.7 Å². The molecule has 1 aliphatic rings. The minimum absolute atomic E-state index is 0.235. The first kappa shape index (κ1) is 19.3. The summed E-state index contributed by atoms with van der Waals surface area (Å²) in [6.07, 6.45) is -2.29. The van der Waals surface area contributed by atoms with Gasteiger partial charge in [0.2, 0.25) is 5.82 Å². The first-order valence-electron chi connectivity index (χ1n) is 8.81. The van der Waals surface area contributed by atoms with Gasteiger partial charge in [-0.3, -0.25) is 4.79 Å². The van der Waals surface area contributed by atoms with E-state index < -0.39 is 18.2 Å². The van der Waals surface area contributed by atoms with Gasteiger partial charge in [0.25, 0.3) is 5.91 Å². The van der Waals surface area contributed by atoms with E-state index in [0.717, 1.165) is 19.3 Å². The van der Waals surface area contributed by atoms with Gasteiger partial charge in [0.05, 0.1) is 12.1 Å². The number of alkyl halides is 3. The van der Waals surface area contributed by atoms with Gasteiger partial charge in [-0.1, -0.05) is 24.2 Å². The first-order chi connectivity index (χ1) is 12.8. The number of carbonyl (C=O) groups is 1. The molecule has 146 valence electrons. The SMILES string of the molecule is CC[C@@H](O)[C@H]1CCCCN1C(=O)c1cccc(-c2noc(C(F)(F)F)n2)c1. The Morgan fingerprint density at radius 1 is 1.41 bits per heavy atom. The number of hydrogen-bond acceptors (Lipinski definition) is 5. The Bertz CT molecular complexity index is 806. The van der Waals surface area contributed by atoms with Crippen LogP contribution in [0.1, 0.15) is 48.9 Å². The minimum atomic E-state index is -4.73. The molecule has 0 spiro atoms. The summed E-state index contributed by atoms with van der Waals surface area (Å²) in [7, 11) is 0. The molecular formula is C18H20F3N3O3. The molecule has 1 fully saturated rings. The molecule has 2 heterocycles. The van der Waals surface area contributed by atoms with Crippen LogP contribution in [-0.4, -0.2) is 44.7 Å². The van der Waals surface area contributed by atoms with Crippen LogP contribution < -0.4 is 0 Å². The summed E-state index contributed by atoms with van der Waals surface area (Å²) in [5.74, 6) is -1.94. The van der Waals surface area contributed by atoms with Crippen LogP contribution in [0, 0.1) is 0 Å². The van der Waals surface area contributed by atoms with Crippen LogP contribution in [0.5, 0.6) is 0 Å². The van der Waals surface area contributed by atoms with Gasteiger partial charge in [-0.15, -0.1) is 0 Å². The molecule has 3 rings (SSSR count). The molecule has 0 unspecified atom stereocenters. The fraction of sp³-hybridized carbons (Fsp3) is 0.500. The van der Waals surface area contributed by atoms with E-state index in [4.69, 9.17) is 0 Å². The predicted octanol–water partition coefficient (Wildman–Crippen LogP) is 3.52. The lowest BCUT2D eigenvalue weighted by molar-refractivity contribution is -0.159. The maximum absolute atomic E-state index is 12.9. The quantitative estimate of drug-likeness (QED) is 0.874. The van der Waals surface area contributed by atoms with Crippen molar-refractivity contribution in [2.24, 2.45) is 0 Å². The van der Waals surface area contributed by atoms with E-state index in [0.29, 0.717) is 18.5 Å². The second-order valence-corrected chi connectivity index (χ2v) is 6.54. The summed E-state index contributed by atoms with van der Waals surface area (Å²) in [6.45, 7) is 2.39. The molecule has 2 atom stereocenters. The minimum Gasteiger partial charge on any atom is -0.391 e. The van der Waals surface area contributed by atoms with Crippen molar-refractivity contribution in [1.29, 1.82) is 0 Å². The number of halogens is 3. The molecule has 9 heteroatoms. The Morgan fingerprint density at radius 2 is 2.19 bits per heavy atom. The molecule has 1 aromatic heterocycles. The smallest absolute Gasteiger partial charge is 0.391 e. The third-order valence-corrected chi connectivity index (χ3v) is 4.71. The van der Waals surface area contributed by atoms with Crippen molar-refractivity contribution in [3.8, 4) is 11.4 Å². The van der Waals surface area contributed by atoms with Crippen LogP contribution >= 0.6 is 0 Å². The highest BCUT2D eigenvalue weighted by atomic mass is 19.4. The van der Waals surface area contributed by atoms with E-state index in [2.05, 4.69) is 14.7 Å². The van der Waals surface area contributed by atoms with Gasteiger partial charge >= 0.3 is 12.1 Å². The predicted molar refractivity (Wildman–Crippen MR) is 89.7 cm³/mol. The van der Waals surface area contributed by atoms with Crippen molar-refractivity contribution in [1.82, 2.24) is 15.0 Å². The molecule has 6 nitrogen and oxygen atoms in total. The Hall–Kier alpha value is -2.42. The van der Waals surface area contributed by atoms with Crippen molar-refractivity contribution in [3.63, 3.8) is 0 Å². The summed E-state index contributed by atoms with van der Waals surface area (Å²) in [5, 5.41) is 13.6. The summed E-state index contributed by atoms with van der Waals surface area (Å²) in [5.41, 5.74) is 0.561. The number of piperidine rings is 1. The molecule has 0 aliphatic carbocycles.